The van der Waals surface area contributed by atoms with Gasteiger partial charge in [-0.2, -0.15) is 0 Å². The van der Waals surface area contributed by atoms with E-state index in [1.54, 1.807) is 54.0 Å². The second-order valence-electron chi connectivity index (χ2n) is 6.30. The summed E-state index contributed by atoms with van der Waals surface area (Å²) in [6.07, 6.45) is 1.60. The highest BCUT2D eigenvalue weighted by Gasteiger charge is 2.35. The molecule has 1 aliphatic heterocycles. The van der Waals surface area contributed by atoms with Crippen molar-refractivity contribution in [1.82, 2.24) is 9.88 Å². The first-order valence-corrected chi connectivity index (χ1v) is 9.88. The summed E-state index contributed by atoms with van der Waals surface area (Å²) >= 11 is 1.31. The van der Waals surface area contributed by atoms with Crippen LogP contribution in [0.4, 0.5) is 5.13 Å². The third kappa shape index (κ3) is 3.62. The Morgan fingerprint density at radius 1 is 1.14 bits per heavy atom. The molecule has 0 atom stereocenters. The lowest BCUT2D eigenvalue weighted by atomic mass is 10.1. The van der Waals surface area contributed by atoms with Crippen molar-refractivity contribution in [3.05, 3.63) is 76.3 Å². The number of nitrogens with one attached hydrogen (secondary N) is 1. The Morgan fingerprint density at radius 2 is 1.86 bits per heavy atom. The Balaban J connectivity index is 1.61. The molecule has 2 aromatic carbocycles. The van der Waals surface area contributed by atoms with Gasteiger partial charge in [-0.05, 0) is 36.8 Å². The SMILES string of the molecule is CCOc1ccc(CN2C(=O)c3ccccc3C2=O)cc1C(=O)Nc1nccs1. The molecule has 0 spiro atoms. The number of ether oxygens (including phenoxy) is 1. The highest BCUT2D eigenvalue weighted by Crippen LogP contribution is 2.27. The summed E-state index contributed by atoms with van der Waals surface area (Å²) < 4.78 is 5.57. The van der Waals surface area contributed by atoms with E-state index in [1.165, 1.54) is 16.2 Å². The van der Waals surface area contributed by atoms with Crippen LogP contribution in [-0.4, -0.2) is 34.2 Å². The van der Waals surface area contributed by atoms with E-state index in [0.717, 1.165) is 0 Å². The number of hydrogen-bond acceptors (Lipinski definition) is 6. The molecule has 0 saturated carbocycles. The van der Waals surface area contributed by atoms with Crippen molar-refractivity contribution in [1.29, 1.82) is 0 Å². The van der Waals surface area contributed by atoms with Gasteiger partial charge in [0.15, 0.2) is 5.13 Å². The Morgan fingerprint density at radius 3 is 2.48 bits per heavy atom. The van der Waals surface area contributed by atoms with Gasteiger partial charge in [-0.15, -0.1) is 11.3 Å². The molecule has 0 fully saturated rings. The van der Waals surface area contributed by atoms with Gasteiger partial charge in [-0.1, -0.05) is 18.2 Å². The normalized spacial score (nSPS) is 12.8. The van der Waals surface area contributed by atoms with Crippen molar-refractivity contribution < 1.29 is 19.1 Å². The number of rotatable bonds is 6. The predicted octanol–water partition coefficient (Wildman–Crippen LogP) is 3.59. The lowest BCUT2D eigenvalue weighted by Gasteiger charge is -2.16. The number of amides is 3. The maximum Gasteiger partial charge on any atom is 0.261 e. The predicted molar refractivity (Wildman–Crippen MR) is 108 cm³/mol. The van der Waals surface area contributed by atoms with Gasteiger partial charge in [-0.25, -0.2) is 4.98 Å². The molecule has 0 saturated heterocycles. The van der Waals surface area contributed by atoms with E-state index in [4.69, 9.17) is 4.74 Å². The van der Waals surface area contributed by atoms with Crippen LogP contribution in [0.5, 0.6) is 5.75 Å². The third-order valence-electron chi connectivity index (χ3n) is 4.46. The van der Waals surface area contributed by atoms with Gasteiger partial charge in [0.25, 0.3) is 17.7 Å². The van der Waals surface area contributed by atoms with Crippen molar-refractivity contribution >= 4 is 34.2 Å². The van der Waals surface area contributed by atoms with E-state index in [2.05, 4.69) is 10.3 Å². The van der Waals surface area contributed by atoms with Gasteiger partial charge in [-0.3, -0.25) is 24.6 Å². The average molecular weight is 407 g/mol. The Kier molecular flexibility index (Phi) is 5.09. The van der Waals surface area contributed by atoms with E-state index in [1.807, 2.05) is 6.92 Å². The first-order chi connectivity index (χ1) is 14.1. The van der Waals surface area contributed by atoms with Crippen molar-refractivity contribution in [2.45, 2.75) is 13.5 Å². The van der Waals surface area contributed by atoms with Crippen LogP contribution in [0.2, 0.25) is 0 Å². The summed E-state index contributed by atoms with van der Waals surface area (Å²) in [6, 6.07) is 11.8. The fourth-order valence-corrected chi connectivity index (χ4v) is 3.67. The Hall–Kier alpha value is -3.52. The van der Waals surface area contributed by atoms with Crippen molar-refractivity contribution in [3.63, 3.8) is 0 Å². The summed E-state index contributed by atoms with van der Waals surface area (Å²) in [5.41, 5.74) is 1.75. The second-order valence-corrected chi connectivity index (χ2v) is 7.19. The molecular weight excluding hydrogens is 390 g/mol. The van der Waals surface area contributed by atoms with E-state index in [-0.39, 0.29) is 24.3 Å². The molecule has 3 amide bonds. The number of carbonyl (C=O) groups excluding carboxylic acids is 3. The zero-order chi connectivity index (χ0) is 20.4. The molecular formula is C21H17N3O4S. The molecule has 4 rings (SSSR count). The molecule has 146 valence electrons. The van der Waals surface area contributed by atoms with Crippen LogP contribution in [0, 0.1) is 0 Å². The van der Waals surface area contributed by atoms with Gasteiger partial charge in [0, 0.05) is 11.6 Å². The summed E-state index contributed by atoms with van der Waals surface area (Å²) in [4.78, 5) is 43.2. The molecule has 7 nitrogen and oxygen atoms in total. The minimum atomic E-state index is -0.368. The average Bonchev–Trinajstić information content (AvgIpc) is 3.32. The Labute approximate surface area is 170 Å². The van der Waals surface area contributed by atoms with Crippen LogP contribution in [0.1, 0.15) is 43.6 Å². The smallest absolute Gasteiger partial charge is 0.261 e. The maximum atomic E-state index is 12.7. The molecule has 0 radical (unpaired) electrons. The van der Waals surface area contributed by atoms with Gasteiger partial charge >= 0.3 is 0 Å². The number of aromatic nitrogens is 1. The van der Waals surface area contributed by atoms with Gasteiger partial charge in [0.1, 0.15) is 5.75 Å². The summed E-state index contributed by atoms with van der Waals surface area (Å²) in [6.45, 7) is 2.29. The first kappa shape index (κ1) is 18.8. The molecule has 29 heavy (non-hydrogen) atoms. The van der Waals surface area contributed by atoms with Crippen LogP contribution in [0.3, 0.4) is 0 Å². The fourth-order valence-electron chi connectivity index (χ4n) is 3.15. The fraction of sp³-hybridized carbons (Fsp3) is 0.143. The zero-order valence-electron chi connectivity index (χ0n) is 15.5. The van der Waals surface area contributed by atoms with Gasteiger partial charge < -0.3 is 4.74 Å². The molecule has 0 unspecified atom stereocenters. The first-order valence-electron chi connectivity index (χ1n) is 9.00. The number of anilines is 1. The molecule has 3 aromatic rings. The van der Waals surface area contributed by atoms with Crippen molar-refractivity contribution in [2.75, 3.05) is 11.9 Å². The number of thiazole rings is 1. The van der Waals surface area contributed by atoms with Crippen molar-refractivity contribution in [2.24, 2.45) is 0 Å². The Bertz CT molecular complexity index is 1060. The van der Waals surface area contributed by atoms with E-state index in [0.29, 0.717) is 39.7 Å². The lowest BCUT2D eigenvalue weighted by Crippen LogP contribution is -2.29. The van der Waals surface area contributed by atoms with Crippen LogP contribution < -0.4 is 10.1 Å². The highest BCUT2D eigenvalue weighted by atomic mass is 32.1. The molecule has 0 aliphatic carbocycles. The van der Waals surface area contributed by atoms with Gasteiger partial charge in [0.05, 0.1) is 29.8 Å². The van der Waals surface area contributed by atoms with Crippen LogP contribution in [-0.2, 0) is 6.54 Å². The monoisotopic (exact) mass is 407 g/mol. The van der Waals surface area contributed by atoms with Crippen LogP contribution in [0.15, 0.2) is 54.0 Å². The third-order valence-corrected chi connectivity index (χ3v) is 5.15. The minimum absolute atomic E-state index is 0.0658. The quantitative estimate of drug-likeness (QED) is 0.631. The van der Waals surface area contributed by atoms with Crippen LogP contribution in [0.25, 0.3) is 0 Å². The number of benzene rings is 2. The summed E-state index contributed by atoms with van der Waals surface area (Å²) in [5.74, 6) is -0.623. The lowest BCUT2D eigenvalue weighted by molar-refractivity contribution is 0.0642. The number of nitrogens with zero attached hydrogens (tertiary/aromatic N) is 2. The summed E-state index contributed by atoms with van der Waals surface area (Å²) in [7, 11) is 0. The van der Waals surface area contributed by atoms with Gasteiger partial charge in [0.2, 0.25) is 0 Å². The molecule has 8 heteroatoms. The van der Waals surface area contributed by atoms with E-state index in [9.17, 15) is 14.4 Å². The summed E-state index contributed by atoms with van der Waals surface area (Å²) in [5, 5.41) is 4.97. The van der Waals surface area contributed by atoms with Crippen LogP contribution >= 0.6 is 11.3 Å². The van der Waals surface area contributed by atoms with E-state index >= 15 is 0 Å². The number of imide groups is 1. The molecule has 1 aliphatic rings. The maximum absolute atomic E-state index is 12.7. The van der Waals surface area contributed by atoms with Crippen molar-refractivity contribution in [3.8, 4) is 5.75 Å². The molecule has 1 N–H and O–H groups in total. The molecule has 2 heterocycles. The minimum Gasteiger partial charge on any atom is -0.493 e. The second kappa shape index (κ2) is 7.84. The number of carbonyl (C=O) groups is 3. The standard InChI is InChI=1S/C21H17N3O4S/c1-2-28-17-8-7-13(11-16(17)18(25)23-21-22-9-10-29-21)12-24-19(26)14-5-3-4-6-15(14)20(24)27/h3-11H,2,12H2,1H3,(H,22,23,25). The molecule has 0 bridgehead atoms. The molecule has 1 aromatic heterocycles. The van der Waals surface area contributed by atoms with E-state index < -0.39 is 0 Å². The topological polar surface area (TPSA) is 88.6 Å². The number of fused-ring (bicyclic) bond motifs is 1. The zero-order valence-corrected chi connectivity index (χ0v) is 16.4. The highest BCUT2D eigenvalue weighted by molar-refractivity contribution is 7.13. The number of hydrogen-bond donors (Lipinski definition) is 1. The largest absolute Gasteiger partial charge is 0.493 e.